The first-order chi connectivity index (χ1) is 15.8. The predicted octanol–water partition coefficient (Wildman–Crippen LogP) is 3.90. The second-order valence-electron chi connectivity index (χ2n) is 7.67. The molecular formula is C24H26N6OS. The second-order valence-corrected chi connectivity index (χ2v) is 8.61. The molecule has 0 N–H and O–H groups in total. The van der Waals surface area contributed by atoms with Gasteiger partial charge < -0.3 is 0 Å². The summed E-state index contributed by atoms with van der Waals surface area (Å²) in [4.78, 5) is 16.9. The minimum absolute atomic E-state index is 0.00892. The molecule has 4 rings (SSSR count). The van der Waals surface area contributed by atoms with Gasteiger partial charge >= 0.3 is 0 Å². The summed E-state index contributed by atoms with van der Waals surface area (Å²) < 4.78 is 2.05. The van der Waals surface area contributed by atoms with Crippen molar-refractivity contribution in [2.75, 3.05) is 30.3 Å². The molecule has 1 amide bonds. The van der Waals surface area contributed by atoms with Crippen molar-refractivity contribution in [3.05, 3.63) is 66.5 Å². The molecule has 0 saturated carbocycles. The Balaban J connectivity index is 1.54. The smallest absolute Gasteiger partial charge is 0.238 e. The van der Waals surface area contributed by atoms with Gasteiger partial charge in [-0.25, -0.2) is 0 Å². The van der Waals surface area contributed by atoms with Gasteiger partial charge in [0, 0.05) is 11.4 Å². The molecule has 1 fully saturated rings. The lowest BCUT2D eigenvalue weighted by molar-refractivity contribution is -0.116. The summed E-state index contributed by atoms with van der Waals surface area (Å²) in [6.45, 7) is 2.89. The van der Waals surface area contributed by atoms with E-state index in [4.69, 9.17) is 0 Å². The lowest BCUT2D eigenvalue weighted by Crippen LogP contribution is -2.32. The molecule has 8 heteroatoms. The zero-order valence-electron chi connectivity index (χ0n) is 17.9. The summed E-state index contributed by atoms with van der Waals surface area (Å²) >= 11 is 1.35. The molecular weight excluding hydrogens is 420 g/mol. The number of hydrogen-bond acceptors (Lipinski definition) is 6. The molecule has 32 heavy (non-hydrogen) atoms. The van der Waals surface area contributed by atoms with Crippen LogP contribution >= 0.6 is 11.8 Å². The third-order valence-electron chi connectivity index (χ3n) is 5.45. The number of thioether (sulfide) groups is 1. The van der Waals surface area contributed by atoms with Crippen molar-refractivity contribution in [3.8, 4) is 11.8 Å². The lowest BCUT2D eigenvalue weighted by atomic mass is 10.1. The van der Waals surface area contributed by atoms with Crippen LogP contribution in [0.25, 0.3) is 5.69 Å². The van der Waals surface area contributed by atoms with E-state index in [-0.39, 0.29) is 18.2 Å². The fraction of sp³-hybridized carbons (Fsp3) is 0.333. The fourth-order valence-electron chi connectivity index (χ4n) is 3.86. The Labute approximate surface area is 192 Å². The number of benzene rings is 2. The number of aromatic nitrogens is 3. The van der Waals surface area contributed by atoms with E-state index in [1.807, 2.05) is 65.2 Å². The zero-order chi connectivity index (χ0) is 22.2. The molecule has 7 nitrogen and oxygen atoms in total. The number of piperidine rings is 1. The lowest BCUT2D eigenvalue weighted by Gasteiger charge is -2.26. The number of rotatable bonds is 8. The quantitative estimate of drug-likeness (QED) is 0.386. The Morgan fingerprint density at radius 3 is 2.38 bits per heavy atom. The third kappa shape index (κ3) is 5.36. The van der Waals surface area contributed by atoms with Crippen molar-refractivity contribution in [1.82, 2.24) is 19.7 Å². The van der Waals surface area contributed by atoms with Crippen LogP contribution in [0.5, 0.6) is 0 Å². The number of nitriles is 1. The van der Waals surface area contributed by atoms with Gasteiger partial charge in [0.2, 0.25) is 5.91 Å². The number of nitrogens with zero attached hydrogens (tertiary/aromatic N) is 6. The maximum Gasteiger partial charge on any atom is 0.238 e. The van der Waals surface area contributed by atoms with Crippen LogP contribution in [0, 0.1) is 11.3 Å². The molecule has 0 unspecified atom stereocenters. The standard InChI is InChI=1S/C24H26N6OS/c25-14-17-29(20-10-4-1-5-11-20)23(31)19-32-24-27-26-22(18-28-15-8-3-9-16-28)30(24)21-12-6-2-7-13-21/h1-2,4-7,10-13H,3,8-9,15-19H2. The van der Waals surface area contributed by atoms with Crippen LogP contribution in [0.3, 0.4) is 0 Å². The number of carbonyl (C=O) groups excluding carboxylic acids is 1. The van der Waals surface area contributed by atoms with Gasteiger partial charge in [0.15, 0.2) is 11.0 Å². The largest absolute Gasteiger partial charge is 0.298 e. The molecule has 0 atom stereocenters. The zero-order valence-corrected chi connectivity index (χ0v) is 18.7. The van der Waals surface area contributed by atoms with Crippen molar-refractivity contribution < 1.29 is 4.79 Å². The maximum atomic E-state index is 13.0. The van der Waals surface area contributed by atoms with Crippen LogP contribution in [0.2, 0.25) is 0 Å². The topological polar surface area (TPSA) is 78.0 Å². The molecule has 0 radical (unpaired) electrons. The average Bonchev–Trinajstić information content (AvgIpc) is 3.25. The molecule has 3 aromatic rings. The highest BCUT2D eigenvalue weighted by atomic mass is 32.2. The average molecular weight is 447 g/mol. The van der Waals surface area contributed by atoms with Gasteiger partial charge in [-0.2, -0.15) is 5.26 Å². The van der Waals surface area contributed by atoms with E-state index in [0.29, 0.717) is 5.16 Å². The Morgan fingerprint density at radius 1 is 1.00 bits per heavy atom. The molecule has 1 saturated heterocycles. The van der Waals surface area contributed by atoms with E-state index < -0.39 is 0 Å². The van der Waals surface area contributed by atoms with Crippen LogP contribution in [-0.2, 0) is 11.3 Å². The SMILES string of the molecule is N#CCN(C(=O)CSc1nnc(CN2CCCCC2)n1-c1ccccc1)c1ccccc1. The predicted molar refractivity (Wildman–Crippen MR) is 126 cm³/mol. The van der Waals surface area contributed by atoms with E-state index in [2.05, 4.69) is 21.2 Å². The van der Waals surface area contributed by atoms with Gasteiger partial charge in [-0.3, -0.25) is 19.2 Å². The van der Waals surface area contributed by atoms with E-state index in [1.165, 1.54) is 35.9 Å². The molecule has 0 aliphatic carbocycles. The van der Waals surface area contributed by atoms with Crippen LogP contribution in [0.15, 0.2) is 65.8 Å². The van der Waals surface area contributed by atoms with Crippen LogP contribution in [0.1, 0.15) is 25.1 Å². The Bertz CT molecular complexity index is 1060. The molecule has 0 bridgehead atoms. The van der Waals surface area contributed by atoms with Crippen LogP contribution in [0.4, 0.5) is 5.69 Å². The maximum absolute atomic E-state index is 13.0. The number of hydrogen-bond donors (Lipinski definition) is 0. The molecule has 2 aromatic carbocycles. The Hall–Kier alpha value is -3.15. The van der Waals surface area contributed by atoms with Gasteiger partial charge in [-0.1, -0.05) is 54.6 Å². The number of para-hydroxylation sites is 2. The molecule has 0 spiro atoms. The summed E-state index contributed by atoms with van der Waals surface area (Å²) in [6, 6.07) is 21.4. The highest BCUT2D eigenvalue weighted by Crippen LogP contribution is 2.25. The number of amides is 1. The van der Waals surface area contributed by atoms with Crippen LogP contribution < -0.4 is 4.90 Å². The van der Waals surface area contributed by atoms with Crippen molar-refractivity contribution >= 4 is 23.4 Å². The second kappa shape index (κ2) is 10.9. The van der Waals surface area contributed by atoms with Crippen molar-refractivity contribution in [2.24, 2.45) is 0 Å². The van der Waals surface area contributed by atoms with Gasteiger partial charge in [-0.15, -0.1) is 10.2 Å². The molecule has 1 aliphatic rings. The summed E-state index contributed by atoms with van der Waals surface area (Å²) in [5.74, 6) is 0.915. The Kier molecular flexibility index (Phi) is 7.54. The van der Waals surface area contributed by atoms with Gasteiger partial charge in [0.25, 0.3) is 0 Å². The highest BCUT2D eigenvalue weighted by Gasteiger charge is 2.21. The molecule has 164 valence electrons. The van der Waals surface area contributed by atoms with Gasteiger partial charge in [-0.05, 0) is 50.2 Å². The Morgan fingerprint density at radius 2 is 1.69 bits per heavy atom. The minimum atomic E-state index is -0.136. The third-order valence-corrected chi connectivity index (χ3v) is 6.36. The summed E-state index contributed by atoms with van der Waals surface area (Å²) in [5.41, 5.74) is 1.70. The van der Waals surface area contributed by atoms with E-state index in [0.717, 1.165) is 36.8 Å². The van der Waals surface area contributed by atoms with Crippen LogP contribution in [-0.4, -0.2) is 51.0 Å². The van der Waals surface area contributed by atoms with E-state index in [1.54, 1.807) is 0 Å². The van der Waals surface area contributed by atoms with Crippen molar-refractivity contribution in [2.45, 2.75) is 31.0 Å². The number of carbonyl (C=O) groups is 1. The van der Waals surface area contributed by atoms with Crippen molar-refractivity contribution in [3.63, 3.8) is 0 Å². The van der Waals surface area contributed by atoms with E-state index >= 15 is 0 Å². The minimum Gasteiger partial charge on any atom is -0.298 e. The van der Waals surface area contributed by atoms with Gasteiger partial charge in [0.1, 0.15) is 6.54 Å². The van der Waals surface area contributed by atoms with Gasteiger partial charge in [0.05, 0.1) is 18.4 Å². The first-order valence-corrected chi connectivity index (χ1v) is 11.8. The monoisotopic (exact) mass is 446 g/mol. The fourth-order valence-corrected chi connectivity index (χ4v) is 4.70. The number of likely N-dealkylation sites (tertiary alicyclic amines) is 1. The summed E-state index contributed by atoms with van der Waals surface area (Å²) in [7, 11) is 0. The molecule has 2 heterocycles. The first kappa shape index (κ1) is 22.1. The highest BCUT2D eigenvalue weighted by molar-refractivity contribution is 7.99. The normalized spacial score (nSPS) is 14.1. The summed E-state index contributed by atoms with van der Waals surface area (Å²) in [5, 5.41) is 18.8. The first-order valence-electron chi connectivity index (χ1n) is 10.8. The number of anilines is 1. The molecule has 1 aromatic heterocycles. The summed E-state index contributed by atoms with van der Waals surface area (Å²) in [6.07, 6.45) is 3.71. The molecule has 1 aliphatic heterocycles. The van der Waals surface area contributed by atoms with E-state index in [9.17, 15) is 10.1 Å². The van der Waals surface area contributed by atoms with Crippen molar-refractivity contribution in [1.29, 1.82) is 5.26 Å².